The summed E-state index contributed by atoms with van der Waals surface area (Å²) < 4.78 is 7.37. The molecule has 1 aromatic heterocycles. The van der Waals surface area contributed by atoms with Crippen LogP contribution in [0.4, 0.5) is 0 Å². The average molecular weight is 456 g/mol. The molecule has 1 heterocycles. The highest BCUT2D eigenvalue weighted by Gasteiger charge is 2.17. The number of hydrogen-bond acceptors (Lipinski definition) is 4. The molecule has 30 heavy (non-hydrogen) atoms. The summed E-state index contributed by atoms with van der Waals surface area (Å²) in [5.41, 5.74) is 4.21. The zero-order chi connectivity index (χ0) is 21.1. The minimum Gasteiger partial charge on any atom is -0.497 e. The standard InChI is InChI=1S/C23H19Cl2N3OS/c1-15-4-3-5-17(12-15)22-26-27-23(28(22)18-7-9-19(29-2)10-8-18)30-14-16-6-11-20(24)21(25)13-16/h3-13H,14H2,1-2H3. The van der Waals surface area contributed by atoms with E-state index in [2.05, 4.69) is 33.8 Å². The van der Waals surface area contributed by atoms with Crippen LogP contribution in [0.1, 0.15) is 11.1 Å². The van der Waals surface area contributed by atoms with E-state index in [1.165, 1.54) is 5.56 Å². The van der Waals surface area contributed by atoms with Crippen molar-refractivity contribution >= 4 is 35.0 Å². The second-order valence-electron chi connectivity index (χ2n) is 6.75. The molecular weight excluding hydrogens is 437 g/mol. The molecule has 0 aliphatic rings. The van der Waals surface area contributed by atoms with Gasteiger partial charge in [-0.2, -0.15) is 0 Å². The van der Waals surface area contributed by atoms with Gasteiger partial charge in [-0.25, -0.2) is 0 Å². The van der Waals surface area contributed by atoms with Gasteiger partial charge in [-0.3, -0.25) is 4.57 Å². The largest absolute Gasteiger partial charge is 0.497 e. The first-order chi connectivity index (χ1) is 14.5. The van der Waals surface area contributed by atoms with E-state index < -0.39 is 0 Å². The Bertz CT molecular complexity index is 1180. The minimum atomic E-state index is 0.548. The number of aryl methyl sites for hydroxylation is 1. The van der Waals surface area contributed by atoms with E-state index in [-0.39, 0.29) is 0 Å². The molecule has 152 valence electrons. The van der Waals surface area contributed by atoms with Crippen LogP contribution in [0.15, 0.2) is 71.9 Å². The lowest BCUT2D eigenvalue weighted by Crippen LogP contribution is -2.00. The Morgan fingerprint density at radius 2 is 1.73 bits per heavy atom. The summed E-state index contributed by atoms with van der Waals surface area (Å²) in [5, 5.41) is 10.9. The van der Waals surface area contributed by atoms with Crippen LogP contribution < -0.4 is 4.74 Å². The van der Waals surface area contributed by atoms with Crippen molar-refractivity contribution in [3.05, 3.63) is 87.9 Å². The molecule has 4 rings (SSSR count). The second kappa shape index (κ2) is 9.13. The highest BCUT2D eigenvalue weighted by atomic mass is 35.5. The third kappa shape index (κ3) is 4.48. The molecule has 0 saturated carbocycles. The number of halogens is 2. The molecule has 0 spiro atoms. The zero-order valence-corrected chi connectivity index (χ0v) is 18.8. The lowest BCUT2D eigenvalue weighted by Gasteiger charge is -2.12. The fraction of sp³-hybridized carbons (Fsp3) is 0.130. The molecule has 0 aliphatic carbocycles. The lowest BCUT2D eigenvalue weighted by atomic mass is 10.1. The highest BCUT2D eigenvalue weighted by molar-refractivity contribution is 7.98. The summed E-state index contributed by atoms with van der Waals surface area (Å²) in [6, 6.07) is 21.8. The van der Waals surface area contributed by atoms with E-state index in [0.29, 0.717) is 15.8 Å². The summed E-state index contributed by atoms with van der Waals surface area (Å²) in [6.07, 6.45) is 0. The predicted octanol–water partition coefficient (Wildman–Crippen LogP) is 6.85. The number of ether oxygens (including phenoxy) is 1. The monoisotopic (exact) mass is 455 g/mol. The Balaban J connectivity index is 1.73. The number of aromatic nitrogens is 3. The smallest absolute Gasteiger partial charge is 0.196 e. The van der Waals surface area contributed by atoms with Crippen LogP contribution >= 0.6 is 35.0 Å². The normalized spacial score (nSPS) is 10.9. The maximum atomic E-state index is 6.16. The molecule has 4 nitrogen and oxygen atoms in total. The third-order valence-corrected chi connectivity index (χ3v) is 6.33. The Hall–Kier alpha value is -2.47. The van der Waals surface area contributed by atoms with Crippen LogP contribution in [0, 0.1) is 6.92 Å². The minimum absolute atomic E-state index is 0.548. The van der Waals surface area contributed by atoms with Gasteiger partial charge in [0.15, 0.2) is 11.0 Å². The molecule has 3 aromatic carbocycles. The van der Waals surface area contributed by atoms with E-state index in [9.17, 15) is 0 Å². The molecule has 0 atom stereocenters. The van der Waals surface area contributed by atoms with Crippen molar-refractivity contribution < 1.29 is 4.74 Å². The van der Waals surface area contributed by atoms with Crippen molar-refractivity contribution in [2.75, 3.05) is 7.11 Å². The van der Waals surface area contributed by atoms with Crippen molar-refractivity contribution in [2.45, 2.75) is 17.8 Å². The molecule has 0 bridgehead atoms. The van der Waals surface area contributed by atoms with Gasteiger partial charge < -0.3 is 4.74 Å². The predicted molar refractivity (Wildman–Crippen MR) is 124 cm³/mol. The Labute approximate surface area is 189 Å². The SMILES string of the molecule is COc1ccc(-n2c(SCc3ccc(Cl)c(Cl)c3)nnc2-c2cccc(C)c2)cc1. The molecule has 0 saturated heterocycles. The van der Waals surface area contributed by atoms with Crippen LogP contribution in [-0.2, 0) is 5.75 Å². The molecule has 0 unspecified atom stereocenters. The van der Waals surface area contributed by atoms with Crippen molar-refractivity contribution in [1.29, 1.82) is 0 Å². The van der Waals surface area contributed by atoms with Crippen LogP contribution in [0.5, 0.6) is 5.75 Å². The molecular formula is C23H19Cl2N3OS. The maximum absolute atomic E-state index is 6.16. The Morgan fingerprint density at radius 1 is 0.933 bits per heavy atom. The maximum Gasteiger partial charge on any atom is 0.196 e. The second-order valence-corrected chi connectivity index (χ2v) is 8.50. The van der Waals surface area contributed by atoms with E-state index in [1.807, 2.05) is 54.6 Å². The van der Waals surface area contributed by atoms with Gasteiger partial charge in [-0.1, -0.05) is 64.8 Å². The van der Waals surface area contributed by atoms with Crippen molar-refractivity contribution in [3.63, 3.8) is 0 Å². The van der Waals surface area contributed by atoms with Crippen molar-refractivity contribution in [1.82, 2.24) is 14.8 Å². The van der Waals surface area contributed by atoms with Crippen molar-refractivity contribution in [2.24, 2.45) is 0 Å². The van der Waals surface area contributed by atoms with Gasteiger partial charge in [0, 0.05) is 17.0 Å². The first-order valence-corrected chi connectivity index (χ1v) is 11.0. The molecule has 0 amide bonds. The molecule has 7 heteroatoms. The summed E-state index contributed by atoms with van der Waals surface area (Å²) in [5.74, 6) is 2.29. The topological polar surface area (TPSA) is 39.9 Å². The molecule has 4 aromatic rings. The number of hydrogen-bond donors (Lipinski definition) is 0. The summed E-state index contributed by atoms with van der Waals surface area (Å²) in [4.78, 5) is 0. The summed E-state index contributed by atoms with van der Waals surface area (Å²) in [6.45, 7) is 2.07. The summed E-state index contributed by atoms with van der Waals surface area (Å²) in [7, 11) is 1.66. The van der Waals surface area contributed by atoms with E-state index >= 15 is 0 Å². The van der Waals surface area contributed by atoms with Gasteiger partial charge in [0.25, 0.3) is 0 Å². The van der Waals surface area contributed by atoms with Gasteiger partial charge >= 0.3 is 0 Å². The number of nitrogens with zero attached hydrogens (tertiary/aromatic N) is 3. The van der Waals surface area contributed by atoms with Crippen molar-refractivity contribution in [3.8, 4) is 22.8 Å². The van der Waals surface area contributed by atoms with Crippen LogP contribution in [0.25, 0.3) is 17.1 Å². The Morgan fingerprint density at radius 3 is 2.43 bits per heavy atom. The first kappa shape index (κ1) is 20.8. The number of benzene rings is 3. The van der Waals surface area contributed by atoms with Crippen LogP contribution in [0.3, 0.4) is 0 Å². The molecule has 0 fully saturated rings. The fourth-order valence-corrected chi connectivity index (χ4v) is 4.29. The van der Waals surface area contributed by atoms with Crippen LogP contribution in [0.2, 0.25) is 10.0 Å². The van der Waals surface area contributed by atoms with E-state index in [4.69, 9.17) is 27.9 Å². The average Bonchev–Trinajstić information content (AvgIpc) is 3.18. The zero-order valence-electron chi connectivity index (χ0n) is 16.5. The molecule has 0 aliphatic heterocycles. The van der Waals surface area contributed by atoms with Gasteiger partial charge in [0.2, 0.25) is 0 Å². The number of methoxy groups -OCH3 is 1. The number of rotatable bonds is 6. The number of thioether (sulfide) groups is 1. The van der Waals surface area contributed by atoms with Gasteiger partial charge in [0.1, 0.15) is 5.75 Å². The quantitative estimate of drug-likeness (QED) is 0.298. The van der Waals surface area contributed by atoms with Crippen LogP contribution in [-0.4, -0.2) is 21.9 Å². The first-order valence-electron chi connectivity index (χ1n) is 9.29. The summed E-state index contributed by atoms with van der Waals surface area (Å²) >= 11 is 13.8. The molecule has 0 radical (unpaired) electrons. The van der Waals surface area contributed by atoms with E-state index in [0.717, 1.165) is 33.5 Å². The highest BCUT2D eigenvalue weighted by Crippen LogP contribution is 2.32. The molecule has 0 N–H and O–H groups in total. The van der Waals surface area contributed by atoms with Gasteiger partial charge in [-0.05, 0) is 55.0 Å². The Kier molecular flexibility index (Phi) is 6.32. The van der Waals surface area contributed by atoms with Gasteiger partial charge in [-0.15, -0.1) is 10.2 Å². The fourth-order valence-electron chi connectivity index (χ4n) is 3.08. The van der Waals surface area contributed by atoms with Gasteiger partial charge in [0.05, 0.1) is 17.2 Å². The van der Waals surface area contributed by atoms with E-state index in [1.54, 1.807) is 18.9 Å². The lowest BCUT2D eigenvalue weighted by molar-refractivity contribution is 0.414. The third-order valence-electron chi connectivity index (χ3n) is 4.59.